The fourth-order valence-corrected chi connectivity index (χ4v) is 3.85. The van der Waals surface area contributed by atoms with Crippen molar-refractivity contribution >= 4 is 40.5 Å². The lowest BCUT2D eigenvalue weighted by Crippen LogP contribution is -2.55. The number of anilines is 1. The molecule has 26 heavy (non-hydrogen) atoms. The van der Waals surface area contributed by atoms with Gasteiger partial charge in [0, 0.05) is 44.8 Å². The van der Waals surface area contributed by atoms with Crippen molar-refractivity contribution in [3.63, 3.8) is 0 Å². The number of rotatable bonds is 4. The number of halogens is 1. The number of carbonyl (C=O) groups excluding carboxylic acids is 1. The lowest BCUT2D eigenvalue weighted by Gasteiger charge is -2.35. The quantitative estimate of drug-likeness (QED) is 0.597. The third kappa shape index (κ3) is 4.17. The van der Waals surface area contributed by atoms with Crippen molar-refractivity contribution in [3.05, 3.63) is 33.7 Å². The molecule has 1 aliphatic rings. The first-order valence-corrected chi connectivity index (χ1v) is 9.35. The molecule has 3 heterocycles. The molecular formula is C16H21ClN6O2S. The van der Waals surface area contributed by atoms with E-state index in [-0.39, 0.29) is 12.5 Å². The number of guanidine groups is 1. The van der Waals surface area contributed by atoms with Crippen LogP contribution >= 0.6 is 22.9 Å². The van der Waals surface area contributed by atoms with Crippen molar-refractivity contribution in [2.45, 2.75) is 6.10 Å². The summed E-state index contributed by atoms with van der Waals surface area (Å²) in [7, 11) is 3.48. The number of aryl methyl sites for hydroxylation is 1. The number of thiophene rings is 1. The van der Waals surface area contributed by atoms with Crippen LogP contribution in [0.2, 0.25) is 4.34 Å². The maximum absolute atomic E-state index is 12.5. The first-order valence-electron chi connectivity index (χ1n) is 8.16. The van der Waals surface area contributed by atoms with E-state index in [2.05, 4.69) is 15.4 Å². The fraction of sp³-hybridized carbons (Fsp3) is 0.438. The molecule has 1 fully saturated rings. The lowest BCUT2D eigenvalue weighted by molar-refractivity contribution is -0.120. The Hall–Kier alpha value is -2.10. The topological polar surface area (TPSA) is 86.0 Å². The summed E-state index contributed by atoms with van der Waals surface area (Å²) in [6, 6.07) is 3.56. The zero-order chi connectivity index (χ0) is 18.7. The Balaban J connectivity index is 1.57. The molecule has 10 heteroatoms. The van der Waals surface area contributed by atoms with Gasteiger partial charge in [0.1, 0.15) is 12.6 Å². The highest BCUT2D eigenvalue weighted by molar-refractivity contribution is 7.16. The summed E-state index contributed by atoms with van der Waals surface area (Å²) in [4.78, 5) is 21.1. The van der Waals surface area contributed by atoms with Gasteiger partial charge in [0.25, 0.3) is 0 Å². The fourth-order valence-electron chi connectivity index (χ4n) is 2.80. The maximum Gasteiger partial charge on any atom is 0.246 e. The smallest absolute Gasteiger partial charge is 0.246 e. The molecule has 0 saturated carbocycles. The Morgan fingerprint density at radius 1 is 1.50 bits per heavy atom. The van der Waals surface area contributed by atoms with Crippen molar-refractivity contribution in [1.82, 2.24) is 20.0 Å². The van der Waals surface area contributed by atoms with E-state index in [1.54, 1.807) is 35.0 Å². The minimum atomic E-state index is -0.684. The van der Waals surface area contributed by atoms with Gasteiger partial charge in [-0.3, -0.25) is 14.5 Å². The van der Waals surface area contributed by atoms with E-state index in [1.165, 1.54) is 11.3 Å². The number of piperazine rings is 1. The summed E-state index contributed by atoms with van der Waals surface area (Å²) >= 11 is 7.25. The van der Waals surface area contributed by atoms with Crippen molar-refractivity contribution in [2.75, 3.05) is 38.1 Å². The number of amides is 1. The van der Waals surface area contributed by atoms with Crippen LogP contribution in [0, 0.1) is 0 Å². The third-order valence-corrected chi connectivity index (χ3v) is 5.44. The van der Waals surface area contributed by atoms with Crippen molar-refractivity contribution in [1.29, 1.82) is 0 Å². The summed E-state index contributed by atoms with van der Waals surface area (Å²) in [5, 5.41) is 17.5. The molecule has 0 spiro atoms. The maximum atomic E-state index is 12.5. The molecule has 3 rings (SSSR count). The molecule has 2 aromatic rings. The van der Waals surface area contributed by atoms with Gasteiger partial charge in [0.05, 0.1) is 16.2 Å². The number of aliphatic hydroxyl groups excluding tert-OH is 1. The van der Waals surface area contributed by atoms with Crippen LogP contribution in [0.25, 0.3) is 0 Å². The first kappa shape index (κ1) is 18.7. The monoisotopic (exact) mass is 396 g/mol. The van der Waals surface area contributed by atoms with E-state index in [0.29, 0.717) is 29.9 Å². The first-order chi connectivity index (χ1) is 12.5. The second kappa shape index (κ2) is 8.07. The number of nitrogens with one attached hydrogen (secondary N) is 1. The molecule has 8 nitrogen and oxygen atoms in total. The van der Waals surface area contributed by atoms with Crippen LogP contribution in [0.1, 0.15) is 11.0 Å². The van der Waals surface area contributed by atoms with Crippen LogP contribution in [-0.2, 0) is 11.8 Å². The van der Waals surface area contributed by atoms with Crippen LogP contribution in [-0.4, -0.2) is 64.9 Å². The molecule has 2 N–H and O–H groups in total. The summed E-state index contributed by atoms with van der Waals surface area (Å²) < 4.78 is 2.31. The highest BCUT2D eigenvalue weighted by Crippen LogP contribution is 2.26. The molecule has 1 amide bonds. The summed E-state index contributed by atoms with van der Waals surface area (Å²) in [5.41, 5.74) is 0.796. The van der Waals surface area contributed by atoms with E-state index < -0.39 is 6.10 Å². The number of hydrogen-bond donors (Lipinski definition) is 2. The van der Waals surface area contributed by atoms with Crippen LogP contribution in [0.4, 0.5) is 5.69 Å². The normalized spacial score (nSPS) is 16.9. The van der Waals surface area contributed by atoms with Gasteiger partial charge in [-0.2, -0.15) is 5.10 Å². The molecule has 0 aliphatic carbocycles. The minimum Gasteiger partial charge on any atom is -0.386 e. The predicted octanol–water partition coefficient (Wildman–Crippen LogP) is 1.09. The average molecular weight is 397 g/mol. The predicted molar refractivity (Wildman–Crippen MR) is 103 cm³/mol. The molecule has 0 bridgehead atoms. The van der Waals surface area contributed by atoms with E-state index in [1.807, 2.05) is 18.1 Å². The zero-order valence-electron chi connectivity index (χ0n) is 14.6. The van der Waals surface area contributed by atoms with Crippen molar-refractivity contribution in [2.24, 2.45) is 12.0 Å². The molecule has 140 valence electrons. The highest BCUT2D eigenvalue weighted by atomic mass is 35.5. The number of nitrogens with zero attached hydrogens (tertiary/aromatic N) is 5. The molecule has 2 aromatic heterocycles. The van der Waals surface area contributed by atoms with Crippen molar-refractivity contribution in [3.8, 4) is 0 Å². The standard InChI is InChI=1S/C16H21ClN6O2S/c1-18-16(19-8-12(24)13-3-4-14(17)26-13)22-5-6-23(15(25)10-22)11-7-20-21(2)9-11/h3-4,7,9,12,24H,5-6,8,10H2,1-2H3,(H,18,19). The number of carbonyl (C=O) groups is 1. The van der Waals surface area contributed by atoms with Crippen LogP contribution < -0.4 is 10.2 Å². The second-order valence-electron chi connectivity index (χ2n) is 5.92. The Kier molecular flexibility index (Phi) is 5.80. The molecule has 1 atom stereocenters. The zero-order valence-corrected chi connectivity index (χ0v) is 16.2. The van der Waals surface area contributed by atoms with Gasteiger partial charge in [0.2, 0.25) is 5.91 Å². The molecule has 1 saturated heterocycles. The average Bonchev–Trinajstić information content (AvgIpc) is 3.24. The van der Waals surface area contributed by atoms with E-state index >= 15 is 0 Å². The SMILES string of the molecule is CN=C(NCC(O)c1ccc(Cl)s1)N1CCN(c2cnn(C)c2)C(=O)C1. The van der Waals surface area contributed by atoms with Gasteiger partial charge in [-0.25, -0.2) is 0 Å². The lowest BCUT2D eigenvalue weighted by atomic mass is 10.3. The third-order valence-electron chi connectivity index (χ3n) is 4.11. The van der Waals surface area contributed by atoms with Gasteiger partial charge >= 0.3 is 0 Å². The second-order valence-corrected chi connectivity index (χ2v) is 7.67. The minimum absolute atomic E-state index is 0.0159. The van der Waals surface area contributed by atoms with Crippen molar-refractivity contribution < 1.29 is 9.90 Å². The number of hydrogen-bond acceptors (Lipinski definition) is 5. The Morgan fingerprint density at radius 2 is 2.31 bits per heavy atom. The van der Waals surface area contributed by atoms with Gasteiger partial charge in [0.15, 0.2) is 5.96 Å². The molecule has 0 aromatic carbocycles. The molecule has 1 aliphatic heterocycles. The van der Waals surface area contributed by atoms with Crippen LogP contribution in [0.15, 0.2) is 29.5 Å². The van der Waals surface area contributed by atoms with Gasteiger partial charge < -0.3 is 20.2 Å². The molecular weight excluding hydrogens is 376 g/mol. The Bertz CT molecular complexity index is 804. The molecule has 1 unspecified atom stereocenters. The van der Waals surface area contributed by atoms with Crippen LogP contribution in [0.3, 0.4) is 0 Å². The van der Waals surface area contributed by atoms with E-state index in [4.69, 9.17) is 11.6 Å². The van der Waals surface area contributed by atoms with Crippen LogP contribution in [0.5, 0.6) is 0 Å². The molecule has 0 radical (unpaired) electrons. The van der Waals surface area contributed by atoms with Gasteiger partial charge in [-0.05, 0) is 12.1 Å². The highest BCUT2D eigenvalue weighted by Gasteiger charge is 2.27. The summed E-state index contributed by atoms with van der Waals surface area (Å²) in [6.07, 6.45) is 2.82. The summed E-state index contributed by atoms with van der Waals surface area (Å²) in [6.45, 7) is 1.70. The number of aliphatic hydroxyl groups is 1. The van der Waals surface area contributed by atoms with E-state index in [0.717, 1.165) is 10.6 Å². The van der Waals surface area contributed by atoms with Gasteiger partial charge in [-0.1, -0.05) is 11.6 Å². The number of aromatic nitrogens is 2. The Labute approximate surface area is 160 Å². The largest absolute Gasteiger partial charge is 0.386 e. The summed E-state index contributed by atoms with van der Waals surface area (Å²) in [5.74, 6) is 0.573. The van der Waals surface area contributed by atoms with E-state index in [9.17, 15) is 9.90 Å². The van der Waals surface area contributed by atoms with Gasteiger partial charge in [-0.15, -0.1) is 11.3 Å². The Morgan fingerprint density at radius 3 is 2.88 bits per heavy atom. The number of aliphatic imine (C=N–C) groups is 1.